The average molecular weight is 524 g/mol. The van der Waals surface area contributed by atoms with Crippen molar-refractivity contribution in [2.24, 2.45) is 0 Å². The van der Waals surface area contributed by atoms with Gasteiger partial charge in [-0.1, -0.05) is 23.7 Å². The molecule has 1 N–H and O–H groups in total. The van der Waals surface area contributed by atoms with Gasteiger partial charge >= 0.3 is 0 Å². The molecule has 0 aromatic heterocycles. The molecule has 0 heterocycles. The fourth-order valence-corrected chi connectivity index (χ4v) is 4.65. The first kappa shape index (κ1) is 28.5. The molecule has 2 aromatic carbocycles. The van der Waals surface area contributed by atoms with Crippen molar-refractivity contribution in [3.8, 4) is 5.75 Å². The highest BCUT2D eigenvalue weighted by Crippen LogP contribution is 2.26. The van der Waals surface area contributed by atoms with E-state index in [-0.39, 0.29) is 12.5 Å². The summed E-state index contributed by atoms with van der Waals surface area (Å²) in [6, 6.07) is 11.1. The first-order valence-electron chi connectivity index (χ1n) is 11.1. The summed E-state index contributed by atoms with van der Waals surface area (Å²) in [5.41, 5.74) is 1.18. The Morgan fingerprint density at radius 2 is 1.80 bits per heavy atom. The standard InChI is InChI=1S/C25H34ClN3O5S/c1-17-13-20(26)11-12-22(17)29(35(7,32)33)16-23(30)28(18(2)24(31)27-25(3,4)5)15-19-9-8-10-21(14-19)34-6/h8-14,18H,15-16H2,1-7H3,(H,27,31)/t18-/m1/s1. The highest BCUT2D eigenvalue weighted by molar-refractivity contribution is 7.92. The molecule has 0 fully saturated rings. The number of ether oxygens (including phenoxy) is 1. The Hall–Kier alpha value is -2.78. The molecule has 2 amide bonds. The third kappa shape index (κ3) is 8.14. The number of hydrogen-bond acceptors (Lipinski definition) is 5. The largest absolute Gasteiger partial charge is 0.497 e. The normalized spacial score (nSPS) is 12.6. The molecule has 0 saturated heterocycles. The van der Waals surface area contributed by atoms with E-state index in [0.717, 1.165) is 16.1 Å². The Morgan fingerprint density at radius 1 is 1.14 bits per heavy atom. The Kier molecular flexibility index (Phi) is 9.19. The van der Waals surface area contributed by atoms with Crippen LogP contribution in [0.2, 0.25) is 5.02 Å². The smallest absolute Gasteiger partial charge is 0.244 e. The molecule has 0 aliphatic carbocycles. The summed E-state index contributed by atoms with van der Waals surface area (Å²) in [6.07, 6.45) is 1.04. The Balaban J connectivity index is 2.45. The van der Waals surface area contributed by atoms with Crippen LogP contribution in [0.5, 0.6) is 5.75 Å². The monoisotopic (exact) mass is 523 g/mol. The lowest BCUT2D eigenvalue weighted by Crippen LogP contribution is -2.54. The maximum atomic E-state index is 13.6. The first-order valence-corrected chi connectivity index (χ1v) is 13.3. The van der Waals surface area contributed by atoms with E-state index in [0.29, 0.717) is 22.0 Å². The Labute approximate surface area is 213 Å². The number of amides is 2. The van der Waals surface area contributed by atoms with Gasteiger partial charge in [-0.05, 0) is 76.1 Å². The zero-order valence-corrected chi connectivity index (χ0v) is 22.8. The summed E-state index contributed by atoms with van der Waals surface area (Å²) >= 11 is 6.04. The van der Waals surface area contributed by atoms with Crippen LogP contribution in [-0.4, -0.2) is 56.6 Å². The molecule has 0 aliphatic rings. The molecule has 0 saturated carbocycles. The fraction of sp³-hybridized carbons (Fsp3) is 0.440. The Morgan fingerprint density at radius 3 is 2.34 bits per heavy atom. The van der Waals surface area contributed by atoms with Gasteiger partial charge < -0.3 is 15.0 Å². The lowest BCUT2D eigenvalue weighted by molar-refractivity contribution is -0.140. The van der Waals surface area contributed by atoms with Gasteiger partial charge in [0.1, 0.15) is 18.3 Å². The maximum Gasteiger partial charge on any atom is 0.244 e. The lowest BCUT2D eigenvalue weighted by atomic mass is 10.1. The molecule has 0 radical (unpaired) electrons. The summed E-state index contributed by atoms with van der Waals surface area (Å²) in [5.74, 6) is -0.261. The predicted octanol–water partition coefficient (Wildman–Crippen LogP) is 3.76. The van der Waals surface area contributed by atoms with Crippen LogP contribution in [0.3, 0.4) is 0 Å². The highest BCUT2D eigenvalue weighted by atomic mass is 35.5. The number of methoxy groups -OCH3 is 1. The molecule has 1 atom stereocenters. The van der Waals surface area contributed by atoms with Crippen LogP contribution in [0.1, 0.15) is 38.8 Å². The quantitative estimate of drug-likeness (QED) is 0.540. The summed E-state index contributed by atoms with van der Waals surface area (Å²) in [6.45, 7) is 8.50. The number of rotatable bonds is 9. The number of nitrogens with one attached hydrogen (secondary N) is 1. The van der Waals surface area contributed by atoms with Crippen molar-refractivity contribution in [3.05, 3.63) is 58.6 Å². The minimum Gasteiger partial charge on any atom is -0.497 e. The van der Waals surface area contributed by atoms with E-state index in [1.54, 1.807) is 57.4 Å². The molecule has 2 aromatic rings. The van der Waals surface area contributed by atoms with Gasteiger partial charge in [-0.2, -0.15) is 0 Å². The lowest BCUT2D eigenvalue weighted by Gasteiger charge is -2.33. The molecule has 192 valence electrons. The highest BCUT2D eigenvalue weighted by Gasteiger charge is 2.31. The van der Waals surface area contributed by atoms with E-state index in [9.17, 15) is 18.0 Å². The van der Waals surface area contributed by atoms with Crippen molar-refractivity contribution in [2.45, 2.75) is 52.7 Å². The van der Waals surface area contributed by atoms with Crippen molar-refractivity contribution >= 4 is 39.1 Å². The number of carbonyl (C=O) groups excluding carboxylic acids is 2. The molecule has 10 heteroatoms. The minimum atomic E-state index is -3.82. The van der Waals surface area contributed by atoms with Crippen LogP contribution in [0.25, 0.3) is 0 Å². The van der Waals surface area contributed by atoms with Gasteiger partial charge in [-0.25, -0.2) is 8.42 Å². The van der Waals surface area contributed by atoms with Crippen molar-refractivity contribution in [3.63, 3.8) is 0 Å². The molecule has 8 nitrogen and oxygen atoms in total. The Bertz CT molecular complexity index is 1180. The molecular formula is C25H34ClN3O5S. The van der Waals surface area contributed by atoms with E-state index in [2.05, 4.69) is 5.32 Å². The number of aryl methyl sites for hydroxylation is 1. The van der Waals surface area contributed by atoms with Gasteiger partial charge in [0.25, 0.3) is 0 Å². The minimum absolute atomic E-state index is 0.0893. The van der Waals surface area contributed by atoms with Crippen molar-refractivity contribution in [1.29, 1.82) is 0 Å². The predicted molar refractivity (Wildman–Crippen MR) is 139 cm³/mol. The molecule has 0 unspecified atom stereocenters. The second-order valence-corrected chi connectivity index (χ2v) is 11.8. The van der Waals surface area contributed by atoms with Crippen LogP contribution >= 0.6 is 11.6 Å². The number of anilines is 1. The maximum absolute atomic E-state index is 13.6. The van der Waals surface area contributed by atoms with Crippen LogP contribution < -0.4 is 14.4 Å². The number of carbonyl (C=O) groups is 2. The summed E-state index contributed by atoms with van der Waals surface area (Å²) in [4.78, 5) is 28.0. The van der Waals surface area contributed by atoms with Crippen LogP contribution in [0.15, 0.2) is 42.5 Å². The molecule has 0 aliphatic heterocycles. The fourth-order valence-electron chi connectivity index (χ4n) is 3.52. The summed E-state index contributed by atoms with van der Waals surface area (Å²) in [5, 5.41) is 3.35. The topological polar surface area (TPSA) is 96.0 Å². The van der Waals surface area contributed by atoms with Crippen LogP contribution in [0, 0.1) is 6.92 Å². The zero-order valence-electron chi connectivity index (χ0n) is 21.3. The van der Waals surface area contributed by atoms with Crippen molar-refractivity contribution in [1.82, 2.24) is 10.2 Å². The van der Waals surface area contributed by atoms with Gasteiger partial charge in [0.2, 0.25) is 21.8 Å². The number of nitrogens with zero attached hydrogens (tertiary/aromatic N) is 2. The van der Waals surface area contributed by atoms with Crippen molar-refractivity contribution < 1.29 is 22.7 Å². The number of halogens is 1. The van der Waals surface area contributed by atoms with Gasteiger partial charge in [0.15, 0.2) is 0 Å². The molecule has 2 rings (SSSR count). The summed E-state index contributed by atoms with van der Waals surface area (Å²) < 4.78 is 31.7. The average Bonchev–Trinajstić information content (AvgIpc) is 2.74. The van der Waals surface area contributed by atoms with Gasteiger partial charge in [-0.15, -0.1) is 0 Å². The number of sulfonamides is 1. The first-order chi connectivity index (χ1) is 16.1. The van der Waals surface area contributed by atoms with E-state index in [1.807, 2.05) is 26.8 Å². The zero-order chi connectivity index (χ0) is 26.6. The van der Waals surface area contributed by atoms with Gasteiger partial charge in [-0.3, -0.25) is 13.9 Å². The second-order valence-electron chi connectivity index (χ2n) is 9.49. The molecule has 35 heavy (non-hydrogen) atoms. The second kappa shape index (κ2) is 11.3. The summed E-state index contributed by atoms with van der Waals surface area (Å²) in [7, 11) is -2.28. The van der Waals surface area contributed by atoms with E-state index >= 15 is 0 Å². The molecule has 0 spiro atoms. The SMILES string of the molecule is COc1cccc(CN(C(=O)CN(c2ccc(Cl)cc2C)S(C)(=O)=O)[C@H](C)C(=O)NC(C)(C)C)c1. The van der Waals surface area contributed by atoms with Crippen LogP contribution in [0.4, 0.5) is 5.69 Å². The third-order valence-corrected chi connectivity index (χ3v) is 6.62. The van der Waals surface area contributed by atoms with E-state index in [1.165, 1.54) is 4.90 Å². The van der Waals surface area contributed by atoms with Crippen LogP contribution in [-0.2, 0) is 26.2 Å². The third-order valence-electron chi connectivity index (χ3n) is 5.26. The van der Waals surface area contributed by atoms with Gasteiger partial charge in [0.05, 0.1) is 19.1 Å². The van der Waals surface area contributed by atoms with Crippen molar-refractivity contribution in [2.75, 3.05) is 24.2 Å². The van der Waals surface area contributed by atoms with E-state index < -0.39 is 34.1 Å². The van der Waals surface area contributed by atoms with E-state index in [4.69, 9.17) is 16.3 Å². The molecular weight excluding hydrogens is 490 g/mol. The van der Waals surface area contributed by atoms with Gasteiger partial charge in [0, 0.05) is 17.1 Å². The number of hydrogen-bond donors (Lipinski definition) is 1. The molecule has 0 bridgehead atoms. The number of benzene rings is 2.